The molecule has 0 saturated carbocycles. The molecule has 4 heteroatoms. The molecule has 2 heterocycles. The fourth-order valence-corrected chi connectivity index (χ4v) is 3.39. The molecule has 3 nitrogen and oxygen atoms in total. The van der Waals surface area contributed by atoms with Crippen LogP contribution in [-0.4, -0.2) is 36.1 Å². The van der Waals surface area contributed by atoms with Gasteiger partial charge < -0.3 is 4.90 Å². The molecule has 1 aliphatic rings. The summed E-state index contributed by atoms with van der Waals surface area (Å²) >= 11 is 0. The van der Waals surface area contributed by atoms with Crippen LogP contribution in [0.1, 0.15) is 5.56 Å². The summed E-state index contributed by atoms with van der Waals surface area (Å²) in [6.45, 7) is 4.90. The minimum absolute atomic E-state index is 0.253. The zero-order valence-corrected chi connectivity index (χ0v) is 13.5. The number of benzene rings is 2. The van der Waals surface area contributed by atoms with Crippen LogP contribution in [0.3, 0.4) is 0 Å². The van der Waals surface area contributed by atoms with Gasteiger partial charge in [-0.25, -0.2) is 4.39 Å². The van der Waals surface area contributed by atoms with Crippen molar-refractivity contribution in [2.24, 2.45) is 0 Å². The van der Waals surface area contributed by atoms with E-state index in [1.54, 1.807) is 12.3 Å². The molecule has 0 spiro atoms. The van der Waals surface area contributed by atoms with Crippen molar-refractivity contribution in [3.05, 3.63) is 72.2 Å². The van der Waals surface area contributed by atoms with E-state index in [2.05, 4.69) is 45.1 Å². The summed E-state index contributed by atoms with van der Waals surface area (Å²) in [6, 6.07) is 17.7. The molecule has 2 aromatic carbocycles. The Morgan fingerprint density at radius 2 is 1.67 bits per heavy atom. The highest BCUT2D eigenvalue weighted by molar-refractivity contribution is 5.91. The van der Waals surface area contributed by atoms with Crippen molar-refractivity contribution in [1.29, 1.82) is 0 Å². The summed E-state index contributed by atoms with van der Waals surface area (Å²) in [5, 5.41) is 0.897. The lowest BCUT2D eigenvalue weighted by Gasteiger charge is -2.36. The van der Waals surface area contributed by atoms with E-state index < -0.39 is 0 Å². The van der Waals surface area contributed by atoms with Gasteiger partial charge in [-0.1, -0.05) is 42.5 Å². The quantitative estimate of drug-likeness (QED) is 0.733. The van der Waals surface area contributed by atoms with Gasteiger partial charge in [0.1, 0.15) is 11.3 Å². The predicted molar refractivity (Wildman–Crippen MR) is 95.6 cm³/mol. The Morgan fingerprint density at radius 1 is 0.875 bits per heavy atom. The van der Waals surface area contributed by atoms with Crippen LogP contribution in [0.2, 0.25) is 0 Å². The zero-order chi connectivity index (χ0) is 16.4. The van der Waals surface area contributed by atoms with Gasteiger partial charge in [0.15, 0.2) is 0 Å². The molecule has 1 aliphatic heterocycles. The smallest absolute Gasteiger partial charge is 0.149 e. The van der Waals surface area contributed by atoms with E-state index in [1.165, 1.54) is 11.6 Å². The highest BCUT2D eigenvalue weighted by Gasteiger charge is 2.19. The molecule has 1 aromatic heterocycles. The van der Waals surface area contributed by atoms with Gasteiger partial charge >= 0.3 is 0 Å². The zero-order valence-electron chi connectivity index (χ0n) is 13.5. The molecule has 1 saturated heterocycles. The molecule has 4 rings (SSSR count). The molecule has 0 unspecified atom stereocenters. The second-order valence-corrected chi connectivity index (χ2v) is 6.21. The maximum Gasteiger partial charge on any atom is 0.149 e. The Hall–Kier alpha value is -2.46. The number of hydrogen-bond donors (Lipinski definition) is 0. The lowest BCUT2D eigenvalue weighted by Crippen LogP contribution is -2.46. The molecular weight excluding hydrogens is 301 g/mol. The number of anilines is 1. The Labute approximate surface area is 141 Å². The van der Waals surface area contributed by atoms with Crippen molar-refractivity contribution < 1.29 is 4.39 Å². The van der Waals surface area contributed by atoms with E-state index in [0.29, 0.717) is 5.52 Å². The first kappa shape index (κ1) is 15.1. The lowest BCUT2D eigenvalue weighted by molar-refractivity contribution is 0.250. The number of fused-ring (bicyclic) bond motifs is 1. The van der Waals surface area contributed by atoms with E-state index in [-0.39, 0.29) is 5.82 Å². The van der Waals surface area contributed by atoms with Crippen LogP contribution in [0.25, 0.3) is 10.9 Å². The first-order valence-corrected chi connectivity index (χ1v) is 8.36. The van der Waals surface area contributed by atoms with Gasteiger partial charge in [0.2, 0.25) is 0 Å². The van der Waals surface area contributed by atoms with Crippen LogP contribution in [-0.2, 0) is 6.54 Å². The summed E-state index contributed by atoms with van der Waals surface area (Å²) in [6.07, 6.45) is 1.71. The van der Waals surface area contributed by atoms with Gasteiger partial charge in [0, 0.05) is 50.0 Å². The third kappa shape index (κ3) is 2.97. The van der Waals surface area contributed by atoms with Gasteiger partial charge in [-0.2, -0.15) is 0 Å². The number of piperazine rings is 1. The number of para-hydroxylation sites is 1. The van der Waals surface area contributed by atoms with Crippen molar-refractivity contribution in [3.8, 4) is 0 Å². The van der Waals surface area contributed by atoms with Crippen molar-refractivity contribution in [3.63, 3.8) is 0 Å². The van der Waals surface area contributed by atoms with Crippen molar-refractivity contribution in [2.45, 2.75) is 6.54 Å². The van der Waals surface area contributed by atoms with Crippen LogP contribution in [0.5, 0.6) is 0 Å². The van der Waals surface area contributed by atoms with Crippen molar-refractivity contribution >= 4 is 16.6 Å². The molecule has 24 heavy (non-hydrogen) atoms. The molecule has 0 atom stereocenters. The topological polar surface area (TPSA) is 19.4 Å². The fraction of sp³-hybridized carbons (Fsp3) is 0.250. The van der Waals surface area contributed by atoms with Crippen LogP contribution < -0.4 is 4.90 Å². The van der Waals surface area contributed by atoms with E-state index in [1.807, 2.05) is 12.1 Å². The molecule has 0 amide bonds. The van der Waals surface area contributed by atoms with Crippen LogP contribution in [0.4, 0.5) is 10.1 Å². The van der Waals surface area contributed by atoms with Gasteiger partial charge in [-0.15, -0.1) is 0 Å². The van der Waals surface area contributed by atoms with E-state index >= 15 is 0 Å². The third-order valence-corrected chi connectivity index (χ3v) is 4.66. The Bertz CT molecular complexity index is 827. The number of halogens is 1. The standard InChI is InChI=1S/C20H20FN3/c21-18-8-4-7-17-19(9-10-22-20(17)18)24-13-11-23(12-14-24)15-16-5-2-1-3-6-16/h1-10H,11-15H2. The van der Waals surface area contributed by atoms with Crippen LogP contribution in [0, 0.1) is 5.82 Å². The normalized spacial score (nSPS) is 15.8. The van der Waals surface area contributed by atoms with Crippen LogP contribution >= 0.6 is 0 Å². The highest BCUT2D eigenvalue weighted by Crippen LogP contribution is 2.27. The summed E-state index contributed by atoms with van der Waals surface area (Å²) in [4.78, 5) is 9.00. The lowest BCUT2D eigenvalue weighted by atomic mass is 10.1. The average Bonchev–Trinajstić information content (AvgIpc) is 2.63. The third-order valence-electron chi connectivity index (χ3n) is 4.66. The van der Waals surface area contributed by atoms with Gasteiger partial charge in [0.25, 0.3) is 0 Å². The number of pyridine rings is 1. The Morgan fingerprint density at radius 3 is 2.46 bits per heavy atom. The Balaban J connectivity index is 1.49. The molecular formula is C20H20FN3. The molecule has 0 N–H and O–H groups in total. The molecule has 0 radical (unpaired) electrons. The van der Waals surface area contributed by atoms with Gasteiger partial charge in [-0.3, -0.25) is 9.88 Å². The molecule has 0 aliphatic carbocycles. The van der Waals surface area contributed by atoms with E-state index in [0.717, 1.165) is 43.8 Å². The first-order chi connectivity index (χ1) is 11.8. The highest BCUT2D eigenvalue weighted by atomic mass is 19.1. The summed E-state index contributed by atoms with van der Waals surface area (Å²) in [7, 11) is 0. The average molecular weight is 321 g/mol. The predicted octanol–water partition coefficient (Wildman–Crippen LogP) is 3.70. The second kappa shape index (κ2) is 6.57. The molecule has 122 valence electrons. The maximum absolute atomic E-state index is 13.9. The van der Waals surface area contributed by atoms with E-state index in [4.69, 9.17) is 0 Å². The summed E-state index contributed by atoms with van der Waals surface area (Å²) in [5.41, 5.74) is 2.89. The molecule has 1 fully saturated rings. The fourth-order valence-electron chi connectivity index (χ4n) is 3.39. The number of aromatic nitrogens is 1. The number of hydrogen-bond acceptors (Lipinski definition) is 3. The SMILES string of the molecule is Fc1cccc2c(N3CCN(Cc4ccccc4)CC3)ccnc12. The van der Waals surface area contributed by atoms with Crippen molar-refractivity contribution in [1.82, 2.24) is 9.88 Å². The molecule has 3 aromatic rings. The summed E-state index contributed by atoms with van der Waals surface area (Å²) in [5.74, 6) is -0.253. The van der Waals surface area contributed by atoms with Gasteiger partial charge in [0.05, 0.1) is 0 Å². The Kier molecular flexibility index (Phi) is 4.13. The minimum atomic E-state index is -0.253. The maximum atomic E-state index is 13.9. The number of rotatable bonds is 3. The second-order valence-electron chi connectivity index (χ2n) is 6.21. The molecule has 0 bridgehead atoms. The van der Waals surface area contributed by atoms with Gasteiger partial charge in [-0.05, 0) is 17.7 Å². The monoisotopic (exact) mass is 321 g/mol. The van der Waals surface area contributed by atoms with E-state index in [9.17, 15) is 4.39 Å². The summed E-state index contributed by atoms with van der Waals surface area (Å²) < 4.78 is 13.9. The number of nitrogens with zero attached hydrogens (tertiary/aromatic N) is 3. The van der Waals surface area contributed by atoms with Crippen molar-refractivity contribution in [2.75, 3.05) is 31.1 Å². The minimum Gasteiger partial charge on any atom is -0.368 e. The largest absolute Gasteiger partial charge is 0.368 e. The van der Waals surface area contributed by atoms with Crippen LogP contribution in [0.15, 0.2) is 60.8 Å². The first-order valence-electron chi connectivity index (χ1n) is 8.36.